The van der Waals surface area contributed by atoms with Crippen LogP contribution < -0.4 is 10.6 Å². The predicted octanol–water partition coefficient (Wildman–Crippen LogP) is 4.84. The van der Waals surface area contributed by atoms with E-state index in [2.05, 4.69) is 15.6 Å². The van der Waals surface area contributed by atoms with E-state index in [9.17, 15) is 18.4 Å². The van der Waals surface area contributed by atoms with Crippen molar-refractivity contribution >= 4 is 11.8 Å². The third-order valence-corrected chi connectivity index (χ3v) is 6.19. The van der Waals surface area contributed by atoms with Crippen LogP contribution in [0.15, 0.2) is 73.1 Å². The van der Waals surface area contributed by atoms with Gasteiger partial charge in [0.05, 0.1) is 0 Å². The Morgan fingerprint density at radius 1 is 0.889 bits per heavy atom. The normalized spacial score (nSPS) is 14.8. The molecule has 0 bridgehead atoms. The molecular weight excluding hydrogens is 464 g/mol. The molecule has 36 heavy (non-hydrogen) atoms. The van der Waals surface area contributed by atoms with Crippen LogP contribution >= 0.6 is 0 Å². The van der Waals surface area contributed by atoms with Crippen molar-refractivity contribution in [3.63, 3.8) is 0 Å². The first-order valence-corrected chi connectivity index (χ1v) is 11.9. The molecule has 1 aromatic heterocycles. The molecule has 1 saturated carbocycles. The summed E-state index contributed by atoms with van der Waals surface area (Å²) in [4.78, 5) is 29.1. The fraction of sp³-hybridized carbons (Fsp3) is 0.321. The average molecular weight is 496 g/mol. The number of carbonyl (C=O) groups excluding carboxylic acids is 2. The summed E-state index contributed by atoms with van der Waals surface area (Å²) >= 11 is 0. The van der Waals surface area contributed by atoms with Gasteiger partial charge in [0, 0.05) is 56.6 Å². The Morgan fingerprint density at radius 2 is 1.50 bits per heavy atom. The highest BCUT2D eigenvalue weighted by Crippen LogP contribution is 2.35. The summed E-state index contributed by atoms with van der Waals surface area (Å²) in [6.07, 6.45) is 4.05. The van der Waals surface area contributed by atoms with Gasteiger partial charge in [-0.3, -0.25) is 14.6 Å². The standard InChI is InChI=1S/C27H27F2N3O2.CH4O/c28-27(29)12-8-19(9-13-27)17-31-26(34)24-3-1-2-20(16-24)18-32-25(33)23-6-4-21(5-7-23)22-10-14-30-15-11-22;1-2/h1-7,10-11,14-16,19H,8-9,12-13,17-18H2,(H,31,34)(H,32,33);2H,1H3. The van der Waals surface area contributed by atoms with Gasteiger partial charge in [0.2, 0.25) is 5.92 Å². The summed E-state index contributed by atoms with van der Waals surface area (Å²) in [5.74, 6) is -2.93. The zero-order valence-corrected chi connectivity index (χ0v) is 20.2. The molecule has 1 aliphatic rings. The van der Waals surface area contributed by atoms with Crippen molar-refractivity contribution in [3.8, 4) is 11.1 Å². The molecule has 2 aromatic carbocycles. The molecule has 6 nitrogen and oxygen atoms in total. The summed E-state index contributed by atoms with van der Waals surface area (Å²) in [6, 6.07) is 18.2. The van der Waals surface area contributed by atoms with Crippen molar-refractivity contribution in [1.82, 2.24) is 15.6 Å². The maximum atomic E-state index is 13.3. The first-order chi connectivity index (χ1) is 17.4. The number of aromatic nitrogens is 1. The van der Waals surface area contributed by atoms with Gasteiger partial charge in [0.1, 0.15) is 0 Å². The zero-order valence-electron chi connectivity index (χ0n) is 20.2. The first kappa shape index (κ1) is 26.9. The number of halogens is 2. The number of alkyl halides is 2. The van der Waals surface area contributed by atoms with Crippen LogP contribution in [0, 0.1) is 5.92 Å². The van der Waals surface area contributed by atoms with Crippen molar-refractivity contribution in [2.24, 2.45) is 5.92 Å². The van der Waals surface area contributed by atoms with Crippen LogP contribution in [-0.2, 0) is 6.54 Å². The van der Waals surface area contributed by atoms with E-state index in [1.165, 1.54) is 0 Å². The average Bonchev–Trinajstić information content (AvgIpc) is 2.93. The second-order valence-electron chi connectivity index (χ2n) is 8.71. The van der Waals surface area contributed by atoms with Gasteiger partial charge in [-0.25, -0.2) is 8.78 Å². The van der Waals surface area contributed by atoms with Gasteiger partial charge >= 0.3 is 0 Å². The molecule has 8 heteroatoms. The molecule has 0 atom stereocenters. The molecule has 0 aliphatic heterocycles. The largest absolute Gasteiger partial charge is 0.400 e. The fourth-order valence-corrected chi connectivity index (χ4v) is 4.11. The van der Waals surface area contributed by atoms with Crippen molar-refractivity contribution in [2.45, 2.75) is 38.2 Å². The Bertz CT molecular complexity index is 1130. The number of rotatable bonds is 7. The first-order valence-electron chi connectivity index (χ1n) is 11.9. The highest BCUT2D eigenvalue weighted by molar-refractivity contribution is 5.95. The summed E-state index contributed by atoms with van der Waals surface area (Å²) in [6.45, 7) is 0.676. The van der Waals surface area contributed by atoms with Gasteiger partial charge < -0.3 is 15.7 Å². The minimum atomic E-state index is -2.57. The second-order valence-corrected chi connectivity index (χ2v) is 8.71. The lowest BCUT2D eigenvalue weighted by Crippen LogP contribution is -2.34. The SMILES string of the molecule is CO.O=C(NCc1cccc(C(=O)NCC2CCC(F)(F)CC2)c1)c1ccc(-c2ccncc2)cc1. The lowest BCUT2D eigenvalue weighted by atomic mass is 9.87. The van der Waals surface area contributed by atoms with Gasteiger partial charge in [0.25, 0.3) is 11.8 Å². The molecule has 1 fully saturated rings. The molecule has 1 aliphatic carbocycles. The Morgan fingerprint density at radius 3 is 2.17 bits per heavy atom. The molecule has 0 saturated heterocycles. The summed E-state index contributed by atoms with van der Waals surface area (Å²) in [5, 5.41) is 12.7. The monoisotopic (exact) mass is 495 g/mol. The maximum absolute atomic E-state index is 13.3. The van der Waals surface area contributed by atoms with E-state index in [0.29, 0.717) is 30.5 Å². The van der Waals surface area contributed by atoms with Crippen LogP contribution in [0.4, 0.5) is 8.78 Å². The smallest absolute Gasteiger partial charge is 0.251 e. The van der Waals surface area contributed by atoms with E-state index in [1.807, 2.05) is 30.3 Å². The lowest BCUT2D eigenvalue weighted by molar-refractivity contribution is -0.0452. The third kappa shape index (κ3) is 7.68. The lowest BCUT2D eigenvalue weighted by Gasteiger charge is -2.28. The number of nitrogens with zero attached hydrogens (tertiary/aromatic N) is 1. The number of pyridine rings is 1. The van der Waals surface area contributed by atoms with Crippen molar-refractivity contribution < 1.29 is 23.5 Å². The maximum Gasteiger partial charge on any atom is 0.251 e. The zero-order chi connectivity index (χ0) is 26.0. The number of nitrogens with one attached hydrogen (secondary N) is 2. The van der Waals surface area contributed by atoms with Gasteiger partial charge in [-0.15, -0.1) is 0 Å². The summed E-state index contributed by atoms with van der Waals surface area (Å²) in [5.41, 5.74) is 3.85. The number of aliphatic hydroxyl groups is 1. The summed E-state index contributed by atoms with van der Waals surface area (Å²) < 4.78 is 26.6. The van der Waals surface area contributed by atoms with Crippen LogP contribution in [0.25, 0.3) is 11.1 Å². The molecule has 2 amide bonds. The minimum absolute atomic E-state index is 0.0796. The van der Waals surface area contributed by atoms with Crippen LogP contribution in [0.3, 0.4) is 0 Å². The number of hydrogen-bond acceptors (Lipinski definition) is 4. The Labute approximate surface area is 209 Å². The van der Waals surface area contributed by atoms with Crippen molar-refractivity contribution in [1.29, 1.82) is 0 Å². The molecule has 3 aromatic rings. The summed E-state index contributed by atoms with van der Waals surface area (Å²) in [7, 11) is 1.00. The molecule has 0 spiro atoms. The second kappa shape index (κ2) is 12.9. The van der Waals surface area contributed by atoms with Gasteiger partial charge in [-0.05, 0) is 71.8 Å². The molecule has 1 heterocycles. The molecule has 190 valence electrons. The highest BCUT2D eigenvalue weighted by atomic mass is 19.3. The molecular formula is C28H31F2N3O3. The predicted molar refractivity (Wildman–Crippen MR) is 135 cm³/mol. The number of carbonyl (C=O) groups is 2. The quantitative estimate of drug-likeness (QED) is 0.437. The molecule has 3 N–H and O–H groups in total. The van der Waals surface area contributed by atoms with Crippen molar-refractivity contribution in [2.75, 3.05) is 13.7 Å². The van der Waals surface area contributed by atoms with E-state index >= 15 is 0 Å². The van der Waals surface area contributed by atoms with Crippen molar-refractivity contribution in [3.05, 3.63) is 89.7 Å². The fourth-order valence-electron chi connectivity index (χ4n) is 4.11. The minimum Gasteiger partial charge on any atom is -0.400 e. The van der Waals surface area contributed by atoms with Crippen LogP contribution in [0.1, 0.15) is 52.0 Å². The van der Waals surface area contributed by atoms with E-state index < -0.39 is 5.92 Å². The Hall–Kier alpha value is -3.65. The molecule has 0 unspecified atom stereocenters. The van der Waals surface area contributed by atoms with Crippen LogP contribution in [0.2, 0.25) is 0 Å². The highest BCUT2D eigenvalue weighted by Gasteiger charge is 2.34. The molecule has 4 rings (SSSR count). The van der Waals surface area contributed by atoms with E-state index in [4.69, 9.17) is 5.11 Å². The van der Waals surface area contributed by atoms with Gasteiger partial charge in [0.15, 0.2) is 0 Å². The number of benzene rings is 2. The number of amides is 2. The van der Waals surface area contributed by atoms with E-state index in [0.717, 1.165) is 23.8 Å². The van der Waals surface area contributed by atoms with Gasteiger partial charge in [-0.2, -0.15) is 0 Å². The Kier molecular flexibility index (Phi) is 9.64. The number of hydrogen-bond donors (Lipinski definition) is 3. The van der Waals surface area contributed by atoms with E-state index in [-0.39, 0.29) is 37.1 Å². The topological polar surface area (TPSA) is 91.3 Å². The van der Waals surface area contributed by atoms with Crippen LogP contribution in [-0.4, -0.2) is 41.5 Å². The van der Waals surface area contributed by atoms with E-state index in [1.54, 1.807) is 42.7 Å². The Balaban J connectivity index is 0.00000176. The third-order valence-electron chi connectivity index (χ3n) is 6.19. The molecule has 0 radical (unpaired) electrons. The number of aliphatic hydroxyl groups excluding tert-OH is 1. The van der Waals surface area contributed by atoms with Gasteiger partial charge in [-0.1, -0.05) is 24.3 Å². The van der Waals surface area contributed by atoms with Crippen LogP contribution in [0.5, 0.6) is 0 Å².